The molecule has 1 N–H and O–H groups in total. The number of rotatable bonds is 5. The van der Waals surface area contributed by atoms with Gasteiger partial charge in [-0.25, -0.2) is 0 Å². The monoisotopic (exact) mass is 233 g/mol. The highest BCUT2D eigenvalue weighted by atomic mass is 32.2. The summed E-state index contributed by atoms with van der Waals surface area (Å²) in [5, 5.41) is 8.86. The molecule has 0 radical (unpaired) electrons. The Morgan fingerprint density at radius 1 is 1.47 bits per heavy atom. The van der Waals surface area contributed by atoms with E-state index in [0.717, 1.165) is 0 Å². The van der Waals surface area contributed by atoms with Crippen LogP contribution in [0.4, 0.5) is 0 Å². The number of thioether (sulfide) groups is 1. The molecule has 0 aromatic rings. The van der Waals surface area contributed by atoms with E-state index in [1.54, 1.807) is 0 Å². The number of hydrogen-bond acceptors (Lipinski definition) is 5. The highest BCUT2D eigenvalue weighted by Gasteiger charge is 2.32. The summed E-state index contributed by atoms with van der Waals surface area (Å²) in [7, 11) is 1.51. The van der Waals surface area contributed by atoms with Gasteiger partial charge in [0.05, 0.1) is 24.2 Å². The van der Waals surface area contributed by atoms with Crippen LogP contribution in [0.1, 0.15) is 6.42 Å². The molecule has 1 saturated heterocycles. The van der Waals surface area contributed by atoms with E-state index in [0.29, 0.717) is 17.9 Å². The number of methoxy groups -OCH3 is 1. The van der Waals surface area contributed by atoms with Crippen LogP contribution >= 0.6 is 11.8 Å². The van der Waals surface area contributed by atoms with Gasteiger partial charge in [-0.2, -0.15) is 0 Å². The third kappa shape index (κ3) is 3.19. The second kappa shape index (κ2) is 6.09. The highest BCUT2D eigenvalue weighted by Crippen LogP contribution is 2.16. The van der Waals surface area contributed by atoms with Crippen molar-refractivity contribution in [2.45, 2.75) is 12.5 Å². The van der Waals surface area contributed by atoms with Crippen LogP contribution in [0.2, 0.25) is 0 Å². The first-order chi connectivity index (χ1) is 7.20. The van der Waals surface area contributed by atoms with Crippen molar-refractivity contribution in [3.63, 3.8) is 0 Å². The van der Waals surface area contributed by atoms with Crippen molar-refractivity contribution >= 4 is 23.6 Å². The number of aliphatic hydroxyl groups excluding tert-OH is 1. The fourth-order valence-corrected chi connectivity index (χ4v) is 2.27. The molecule has 15 heavy (non-hydrogen) atoms. The molecule has 0 saturated carbocycles. The van der Waals surface area contributed by atoms with Gasteiger partial charge in [-0.15, -0.1) is 11.8 Å². The van der Waals surface area contributed by atoms with E-state index >= 15 is 0 Å². The van der Waals surface area contributed by atoms with Crippen LogP contribution in [0.25, 0.3) is 0 Å². The minimum Gasteiger partial charge on any atom is -0.396 e. The predicted molar refractivity (Wildman–Crippen MR) is 56.5 cm³/mol. The summed E-state index contributed by atoms with van der Waals surface area (Å²) in [6, 6.07) is -0.333. The van der Waals surface area contributed by atoms with E-state index in [4.69, 9.17) is 9.84 Å². The predicted octanol–water partition coefficient (Wildman–Crippen LogP) is -0.514. The molecule has 0 aromatic heterocycles. The first-order valence-corrected chi connectivity index (χ1v) is 5.88. The zero-order chi connectivity index (χ0) is 11.3. The molecule has 1 fully saturated rings. The Morgan fingerprint density at radius 2 is 2.07 bits per heavy atom. The lowest BCUT2D eigenvalue weighted by atomic mass is 10.2. The van der Waals surface area contributed by atoms with Crippen LogP contribution < -0.4 is 0 Å². The lowest BCUT2D eigenvalue weighted by molar-refractivity contribution is -0.146. The minimum atomic E-state index is -0.333. The molecule has 1 aliphatic heterocycles. The topological polar surface area (TPSA) is 66.8 Å². The van der Waals surface area contributed by atoms with Gasteiger partial charge in [0, 0.05) is 13.7 Å². The summed E-state index contributed by atoms with van der Waals surface area (Å²) in [4.78, 5) is 24.3. The van der Waals surface area contributed by atoms with Crippen molar-refractivity contribution in [2.75, 3.05) is 31.8 Å². The SMILES string of the molecule is COCC(CCO)N1C(=O)CSCC1=O. The molecule has 1 aliphatic rings. The van der Waals surface area contributed by atoms with Crippen molar-refractivity contribution < 1.29 is 19.4 Å². The van der Waals surface area contributed by atoms with E-state index < -0.39 is 0 Å². The molecule has 0 aliphatic carbocycles. The molecule has 86 valence electrons. The van der Waals surface area contributed by atoms with E-state index in [2.05, 4.69) is 0 Å². The Kier molecular flexibility index (Phi) is 5.07. The molecule has 0 aromatic carbocycles. The second-order valence-electron chi connectivity index (χ2n) is 3.27. The molecule has 2 amide bonds. The first-order valence-electron chi connectivity index (χ1n) is 4.73. The van der Waals surface area contributed by atoms with Crippen molar-refractivity contribution in [3.05, 3.63) is 0 Å². The molecule has 0 bridgehead atoms. The molecule has 1 atom stereocenters. The Bertz CT molecular complexity index is 224. The maximum absolute atomic E-state index is 11.5. The van der Waals surface area contributed by atoms with Gasteiger partial charge in [-0.3, -0.25) is 14.5 Å². The fraction of sp³-hybridized carbons (Fsp3) is 0.778. The van der Waals surface area contributed by atoms with E-state index in [9.17, 15) is 9.59 Å². The normalized spacial score (nSPS) is 19.5. The van der Waals surface area contributed by atoms with E-state index in [1.807, 2.05) is 0 Å². The molecular weight excluding hydrogens is 218 g/mol. The lowest BCUT2D eigenvalue weighted by Crippen LogP contribution is -2.51. The summed E-state index contributed by atoms with van der Waals surface area (Å²) in [5.74, 6) is 0.285. The third-order valence-corrected chi connectivity index (χ3v) is 3.08. The van der Waals surface area contributed by atoms with Gasteiger partial charge in [-0.1, -0.05) is 0 Å². The zero-order valence-electron chi connectivity index (χ0n) is 8.64. The highest BCUT2D eigenvalue weighted by molar-refractivity contribution is 8.00. The Labute approximate surface area is 92.8 Å². The van der Waals surface area contributed by atoms with Crippen molar-refractivity contribution in [3.8, 4) is 0 Å². The number of amides is 2. The van der Waals surface area contributed by atoms with E-state index in [-0.39, 0.29) is 31.1 Å². The average molecular weight is 233 g/mol. The summed E-state index contributed by atoms with van der Waals surface area (Å²) < 4.78 is 4.94. The number of carbonyl (C=O) groups is 2. The van der Waals surface area contributed by atoms with Gasteiger partial charge in [-0.05, 0) is 6.42 Å². The largest absolute Gasteiger partial charge is 0.396 e. The molecular formula is C9H15NO4S. The van der Waals surface area contributed by atoms with Crippen molar-refractivity contribution in [2.24, 2.45) is 0 Å². The maximum Gasteiger partial charge on any atom is 0.239 e. The first kappa shape index (κ1) is 12.5. The summed E-state index contributed by atoms with van der Waals surface area (Å²) >= 11 is 1.32. The maximum atomic E-state index is 11.5. The summed E-state index contributed by atoms with van der Waals surface area (Å²) in [5.41, 5.74) is 0. The number of aliphatic hydroxyl groups is 1. The Morgan fingerprint density at radius 3 is 2.53 bits per heavy atom. The summed E-state index contributed by atoms with van der Waals surface area (Å²) in [6.07, 6.45) is 0.371. The standard InChI is InChI=1S/C9H15NO4S/c1-14-4-7(2-3-11)10-8(12)5-15-6-9(10)13/h7,11H,2-6H2,1H3. The summed E-state index contributed by atoms with van der Waals surface area (Å²) in [6.45, 7) is 0.223. The molecule has 1 heterocycles. The molecule has 5 nitrogen and oxygen atoms in total. The van der Waals surface area contributed by atoms with Gasteiger partial charge in [0.1, 0.15) is 0 Å². The number of imide groups is 1. The second-order valence-corrected chi connectivity index (χ2v) is 4.26. The molecule has 6 heteroatoms. The lowest BCUT2D eigenvalue weighted by Gasteiger charge is -2.31. The van der Waals surface area contributed by atoms with Crippen LogP contribution in [0.15, 0.2) is 0 Å². The zero-order valence-corrected chi connectivity index (χ0v) is 9.46. The van der Waals surface area contributed by atoms with Gasteiger partial charge in [0.25, 0.3) is 0 Å². The third-order valence-electron chi connectivity index (χ3n) is 2.17. The van der Waals surface area contributed by atoms with Crippen molar-refractivity contribution in [1.82, 2.24) is 4.90 Å². The van der Waals surface area contributed by atoms with Crippen LogP contribution in [-0.2, 0) is 14.3 Å². The smallest absolute Gasteiger partial charge is 0.239 e. The molecule has 1 rings (SSSR count). The van der Waals surface area contributed by atoms with Gasteiger partial charge >= 0.3 is 0 Å². The van der Waals surface area contributed by atoms with Gasteiger partial charge in [0.2, 0.25) is 11.8 Å². The van der Waals surface area contributed by atoms with E-state index in [1.165, 1.54) is 23.8 Å². The van der Waals surface area contributed by atoms with Crippen LogP contribution in [-0.4, -0.2) is 59.7 Å². The number of carbonyl (C=O) groups excluding carboxylic acids is 2. The van der Waals surface area contributed by atoms with Crippen LogP contribution in [0, 0.1) is 0 Å². The van der Waals surface area contributed by atoms with Gasteiger partial charge < -0.3 is 9.84 Å². The van der Waals surface area contributed by atoms with Crippen LogP contribution in [0.3, 0.4) is 0 Å². The Hall–Kier alpha value is -0.590. The molecule has 0 spiro atoms. The van der Waals surface area contributed by atoms with Crippen molar-refractivity contribution in [1.29, 1.82) is 0 Å². The average Bonchev–Trinajstić information content (AvgIpc) is 2.18. The number of hydrogen-bond donors (Lipinski definition) is 1. The van der Waals surface area contributed by atoms with Gasteiger partial charge in [0.15, 0.2) is 0 Å². The fourth-order valence-electron chi connectivity index (χ4n) is 1.54. The number of nitrogens with zero attached hydrogens (tertiary/aromatic N) is 1. The Balaban J connectivity index is 2.69. The molecule has 1 unspecified atom stereocenters. The number of ether oxygens (including phenoxy) is 1. The quantitative estimate of drug-likeness (QED) is 0.648. The minimum absolute atomic E-state index is 0.0573. The van der Waals surface area contributed by atoms with Crippen LogP contribution in [0.5, 0.6) is 0 Å².